The molecule has 1 saturated heterocycles. The Labute approximate surface area is 103 Å². The molecular weight excluding hydrogens is 215 g/mol. The van der Waals surface area contributed by atoms with Crippen molar-refractivity contribution < 1.29 is 4.39 Å². The zero-order valence-electron chi connectivity index (χ0n) is 10.2. The van der Waals surface area contributed by atoms with E-state index in [0.717, 1.165) is 26.1 Å². The van der Waals surface area contributed by atoms with Gasteiger partial charge in [-0.25, -0.2) is 4.39 Å². The van der Waals surface area contributed by atoms with Crippen molar-refractivity contribution >= 4 is 0 Å². The second-order valence-electron chi connectivity index (χ2n) is 4.80. The molecule has 0 radical (unpaired) electrons. The van der Waals surface area contributed by atoms with Crippen molar-refractivity contribution in [2.75, 3.05) is 19.6 Å². The summed E-state index contributed by atoms with van der Waals surface area (Å²) in [6, 6.07) is 7.36. The Hall–Kier alpha value is -0.930. The number of benzene rings is 1. The van der Waals surface area contributed by atoms with E-state index in [4.69, 9.17) is 5.73 Å². The fourth-order valence-electron chi connectivity index (χ4n) is 2.55. The van der Waals surface area contributed by atoms with Gasteiger partial charge in [0.15, 0.2) is 0 Å². The molecule has 2 N–H and O–H groups in total. The molecule has 0 amide bonds. The van der Waals surface area contributed by atoms with Crippen LogP contribution in [0.5, 0.6) is 0 Å². The molecule has 94 valence electrons. The topological polar surface area (TPSA) is 29.3 Å². The molecule has 1 aromatic carbocycles. The number of hydrogen-bond acceptors (Lipinski definition) is 2. The Bertz CT molecular complexity index is 337. The van der Waals surface area contributed by atoms with Crippen LogP contribution in [0.4, 0.5) is 4.39 Å². The highest BCUT2D eigenvalue weighted by Crippen LogP contribution is 2.16. The molecule has 1 aliphatic rings. The van der Waals surface area contributed by atoms with Crippen LogP contribution in [0.2, 0.25) is 0 Å². The highest BCUT2D eigenvalue weighted by atomic mass is 19.1. The van der Waals surface area contributed by atoms with Crippen molar-refractivity contribution in [2.45, 2.75) is 31.7 Å². The molecule has 1 fully saturated rings. The zero-order valence-corrected chi connectivity index (χ0v) is 10.2. The van der Waals surface area contributed by atoms with Gasteiger partial charge in [-0.15, -0.1) is 0 Å². The van der Waals surface area contributed by atoms with Gasteiger partial charge in [0.05, 0.1) is 0 Å². The number of halogens is 1. The predicted molar refractivity (Wildman–Crippen MR) is 68.4 cm³/mol. The van der Waals surface area contributed by atoms with Gasteiger partial charge in [0.1, 0.15) is 5.82 Å². The maximum atomic E-state index is 12.8. The van der Waals surface area contributed by atoms with Gasteiger partial charge in [-0.2, -0.15) is 0 Å². The quantitative estimate of drug-likeness (QED) is 0.868. The van der Waals surface area contributed by atoms with Crippen molar-refractivity contribution in [1.82, 2.24) is 4.90 Å². The van der Waals surface area contributed by atoms with Crippen LogP contribution < -0.4 is 5.73 Å². The van der Waals surface area contributed by atoms with Crippen LogP contribution in [0.15, 0.2) is 24.3 Å². The summed E-state index contributed by atoms with van der Waals surface area (Å²) < 4.78 is 12.8. The van der Waals surface area contributed by atoms with E-state index in [1.54, 1.807) is 0 Å². The Morgan fingerprint density at radius 3 is 2.71 bits per heavy atom. The second-order valence-corrected chi connectivity index (χ2v) is 4.80. The first-order valence-electron chi connectivity index (χ1n) is 6.48. The first kappa shape index (κ1) is 12.5. The van der Waals surface area contributed by atoms with Crippen molar-refractivity contribution in [3.8, 4) is 0 Å². The smallest absolute Gasteiger partial charge is 0.123 e. The minimum absolute atomic E-state index is 0.161. The number of hydrogen-bond donors (Lipinski definition) is 1. The zero-order chi connectivity index (χ0) is 12.1. The summed E-state index contributed by atoms with van der Waals surface area (Å²) in [7, 11) is 0. The Morgan fingerprint density at radius 1 is 1.24 bits per heavy atom. The molecule has 3 heteroatoms. The number of nitrogens with zero attached hydrogens (tertiary/aromatic N) is 1. The average Bonchev–Trinajstić information content (AvgIpc) is 2.38. The largest absolute Gasteiger partial charge is 0.329 e. The highest BCUT2D eigenvalue weighted by Gasteiger charge is 2.20. The summed E-state index contributed by atoms with van der Waals surface area (Å²) in [5.74, 6) is -0.161. The van der Waals surface area contributed by atoms with E-state index in [1.165, 1.54) is 37.0 Å². The molecule has 1 unspecified atom stereocenters. The lowest BCUT2D eigenvalue weighted by Crippen LogP contribution is -2.44. The van der Waals surface area contributed by atoms with E-state index >= 15 is 0 Å². The number of piperidine rings is 1. The van der Waals surface area contributed by atoms with E-state index < -0.39 is 0 Å². The lowest BCUT2D eigenvalue weighted by atomic mass is 10.0. The minimum atomic E-state index is -0.161. The summed E-state index contributed by atoms with van der Waals surface area (Å²) in [4.78, 5) is 2.48. The lowest BCUT2D eigenvalue weighted by molar-refractivity contribution is 0.155. The molecule has 2 nitrogen and oxygen atoms in total. The van der Waals surface area contributed by atoms with Crippen molar-refractivity contribution in [1.29, 1.82) is 0 Å². The summed E-state index contributed by atoms with van der Waals surface area (Å²) in [5.41, 5.74) is 6.99. The normalized spacial score (nSPS) is 21.6. The third-order valence-electron chi connectivity index (χ3n) is 3.62. The molecular formula is C14H21FN2. The fraction of sp³-hybridized carbons (Fsp3) is 0.571. The van der Waals surface area contributed by atoms with Gasteiger partial charge in [0.25, 0.3) is 0 Å². The van der Waals surface area contributed by atoms with E-state index in [9.17, 15) is 4.39 Å². The van der Waals surface area contributed by atoms with E-state index in [2.05, 4.69) is 4.90 Å². The number of rotatable bonds is 4. The molecule has 1 aromatic rings. The summed E-state index contributed by atoms with van der Waals surface area (Å²) in [6.07, 6.45) is 4.78. The van der Waals surface area contributed by atoms with Crippen molar-refractivity contribution in [2.24, 2.45) is 5.73 Å². The third kappa shape index (κ3) is 3.51. The average molecular weight is 236 g/mol. The Kier molecular flexibility index (Phi) is 4.51. The van der Waals surface area contributed by atoms with Crippen molar-refractivity contribution in [3.63, 3.8) is 0 Å². The third-order valence-corrected chi connectivity index (χ3v) is 3.62. The molecule has 2 rings (SSSR count). The Morgan fingerprint density at radius 2 is 2.00 bits per heavy atom. The van der Waals surface area contributed by atoms with Crippen LogP contribution >= 0.6 is 0 Å². The first-order chi connectivity index (χ1) is 8.29. The van der Waals surface area contributed by atoms with Crippen LogP contribution in [0, 0.1) is 5.82 Å². The van der Waals surface area contributed by atoms with Crippen LogP contribution in [0.1, 0.15) is 24.8 Å². The van der Waals surface area contributed by atoms with E-state index in [1.807, 2.05) is 12.1 Å². The second kappa shape index (κ2) is 6.12. The molecule has 1 heterocycles. The lowest BCUT2D eigenvalue weighted by Gasteiger charge is -2.34. The van der Waals surface area contributed by atoms with Crippen LogP contribution in [0.25, 0.3) is 0 Å². The maximum Gasteiger partial charge on any atom is 0.123 e. The summed E-state index contributed by atoms with van der Waals surface area (Å²) in [6.45, 7) is 2.94. The maximum absolute atomic E-state index is 12.8. The standard InChI is InChI=1S/C14H21FN2/c15-13-6-4-12(5-7-13)8-10-17-9-2-1-3-14(17)11-16/h4-7,14H,1-3,8-11,16H2. The highest BCUT2D eigenvalue weighted by molar-refractivity contribution is 5.16. The van der Waals surface area contributed by atoms with Crippen LogP contribution in [-0.4, -0.2) is 30.6 Å². The molecule has 0 bridgehead atoms. The molecule has 0 spiro atoms. The Balaban J connectivity index is 1.86. The van der Waals surface area contributed by atoms with Gasteiger partial charge in [0, 0.05) is 19.1 Å². The van der Waals surface area contributed by atoms with Gasteiger partial charge in [-0.05, 0) is 43.5 Å². The molecule has 0 aromatic heterocycles. The van der Waals surface area contributed by atoms with Gasteiger partial charge in [-0.1, -0.05) is 18.6 Å². The predicted octanol–water partition coefficient (Wildman–Crippen LogP) is 2.18. The summed E-state index contributed by atoms with van der Waals surface area (Å²) >= 11 is 0. The van der Waals surface area contributed by atoms with E-state index in [0.29, 0.717) is 6.04 Å². The molecule has 17 heavy (non-hydrogen) atoms. The SMILES string of the molecule is NCC1CCCCN1CCc1ccc(F)cc1. The molecule has 1 aliphatic heterocycles. The van der Waals surface area contributed by atoms with Crippen LogP contribution in [-0.2, 0) is 6.42 Å². The van der Waals surface area contributed by atoms with Gasteiger partial charge < -0.3 is 5.73 Å². The van der Waals surface area contributed by atoms with Crippen LogP contribution in [0.3, 0.4) is 0 Å². The monoisotopic (exact) mass is 236 g/mol. The van der Waals surface area contributed by atoms with Gasteiger partial charge in [-0.3, -0.25) is 4.90 Å². The fourth-order valence-corrected chi connectivity index (χ4v) is 2.55. The van der Waals surface area contributed by atoms with Crippen molar-refractivity contribution in [3.05, 3.63) is 35.6 Å². The number of nitrogens with two attached hydrogens (primary N) is 1. The number of likely N-dealkylation sites (tertiary alicyclic amines) is 1. The molecule has 0 saturated carbocycles. The molecule has 0 aliphatic carbocycles. The molecule has 1 atom stereocenters. The van der Waals surface area contributed by atoms with Gasteiger partial charge in [0.2, 0.25) is 0 Å². The first-order valence-corrected chi connectivity index (χ1v) is 6.48. The van der Waals surface area contributed by atoms with E-state index in [-0.39, 0.29) is 5.82 Å². The summed E-state index contributed by atoms with van der Waals surface area (Å²) in [5, 5.41) is 0. The minimum Gasteiger partial charge on any atom is -0.329 e. The van der Waals surface area contributed by atoms with Gasteiger partial charge >= 0.3 is 0 Å².